The summed E-state index contributed by atoms with van der Waals surface area (Å²) in [7, 11) is 1.62. The predicted octanol–water partition coefficient (Wildman–Crippen LogP) is 6.13. The van der Waals surface area contributed by atoms with Gasteiger partial charge < -0.3 is 4.74 Å². The van der Waals surface area contributed by atoms with E-state index in [0.29, 0.717) is 17.4 Å². The summed E-state index contributed by atoms with van der Waals surface area (Å²) in [6.45, 7) is 2.16. The van der Waals surface area contributed by atoms with E-state index in [1.54, 1.807) is 18.2 Å². The molecule has 1 N–H and O–H groups in total. The molecule has 0 spiro atoms. The number of carbonyl (C=O) groups is 2. The summed E-state index contributed by atoms with van der Waals surface area (Å²) >= 11 is 2.86. The first-order valence-corrected chi connectivity index (χ1v) is 12.5. The molecule has 0 fully saturated rings. The number of fused-ring (bicyclic) bond motifs is 1. The van der Waals surface area contributed by atoms with Crippen LogP contribution in [0.3, 0.4) is 0 Å². The number of ether oxygens (including phenoxy) is 1. The Labute approximate surface area is 205 Å². The van der Waals surface area contributed by atoms with E-state index >= 15 is 0 Å². The maximum atomic E-state index is 13.0. The van der Waals surface area contributed by atoms with Crippen LogP contribution < -0.4 is 15.0 Å². The number of anilines is 2. The number of urea groups is 1. The number of aryl methyl sites for hydroxylation is 1. The van der Waals surface area contributed by atoms with Gasteiger partial charge in [0.05, 0.1) is 12.0 Å². The molecule has 0 radical (unpaired) electrons. The van der Waals surface area contributed by atoms with Crippen LogP contribution in [-0.4, -0.2) is 35.4 Å². The molecule has 0 aliphatic carbocycles. The summed E-state index contributed by atoms with van der Waals surface area (Å²) in [4.78, 5) is 36.8. The van der Waals surface area contributed by atoms with Crippen molar-refractivity contribution in [2.24, 2.45) is 0 Å². The number of carbonyl (C=O) groups excluding carboxylic acids is 2. The fourth-order valence-electron chi connectivity index (χ4n) is 3.98. The highest BCUT2D eigenvalue weighted by molar-refractivity contribution is 7.18. The molecule has 0 atom stereocenters. The first-order chi connectivity index (χ1) is 16.5. The molecule has 0 saturated heterocycles. The number of rotatable bonds is 5. The number of ketones is 1. The normalized spacial score (nSPS) is 12.8. The average molecular weight is 491 g/mol. The van der Waals surface area contributed by atoms with E-state index in [0.717, 1.165) is 50.9 Å². The number of hydrogen-bond acceptors (Lipinski definition) is 7. The molecule has 34 heavy (non-hydrogen) atoms. The minimum atomic E-state index is -0.199. The Kier molecular flexibility index (Phi) is 6.12. The number of benzene rings is 2. The van der Waals surface area contributed by atoms with E-state index in [1.807, 2.05) is 41.8 Å². The third-order valence-electron chi connectivity index (χ3n) is 5.66. The van der Waals surface area contributed by atoms with Crippen molar-refractivity contribution in [3.8, 4) is 26.8 Å². The van der Waals surface area contributed by atoms with Crippen LogP contribution in [0.15, 0.2) is 54.0 Å². The maximum Gasteiger partial charge on any atom is 0.328 e. The number of Topliss-reactive ketones (excluding diaryl/α,β-unsaturated/α-hetero) is 1. The second-order valence-electron chi connectivity index (χ2n) is 7.85. The fourth-order valence-corrected chi connectivity index (χ4v) is 5.62. The largest absolute Gasteiger partial charge is 0.497 e. The van der Waals surface area contributed by atoms with Gasteiger partial charge in [0.1, 0.15) is 16.5 Å². The smallest absolute Gasteiger partial charge is 0.328 e. The van der Waals surface area contributed by atoms with Gasteiger partial charge in [-0.15, -0.1) is 22.7 Å². The Morgan fingerprint density at radius 3 is 2.62 bits per heavy atom. The zero-order valence-corrected chi connectivity index (χ0v) is 20.3. The molecule has 9 heteroatoms. The van der Waals surface area contributed by atoms with Crippen LogP contribution in [-0.2, 0) is 6.42 Å². The monoisotopic (exact) mass is 490 g/mol. The zero-order valence-electron chi connectivity index (χ0n) is 18.7. The highest BCUT2D eigenvalue weighted by atomic mass is 32.1. The van der Waals surface area contributed by atoms with Gasteiger partial charge in [-0.3, -0.25) is 15.0 Å². The van der Waals surface area contributed by atoms with Crippen LogP contribution in [0.5, 0.6) is 5.75 Å². The van der Waals surface area contributed by atoms with E-state index in [1.165, 1.54) is 29.6 Å². The van der Waals surface area contributed by atoms with Gasteiger partial charge in [-0.2, -0.15) is 0 Å². The number of nitrogens with zero attached hydrogens (tertiary/aromatic N) is 3. The minimum Gasteiger partial charge on any atom is -0.497 e. The molecular formula is C25H22N4O3S2. The Balaban J connectivity index is 1.51. The standard InChI is InChI=1S/C25H22N4O3S2/c1-15(30)21-22(17-7-9-19(32-2)10-8-17)34-23(27-21)18-6-5-16-4-3-12-29(20(16)14-18)25(31)28-24-26-11-13-33-24/h5-11,13-14H,3-4,12H2,1-2H3,(H,26,28,31). The van der Waals surface area contributed by atoms with Gasteiger partial charge in [-0.05, 0) is 54.3 Å². The minimum absolute atomic E-state index is 0.0873. The van der Waals surface area contributed by atoms with Crippen molar-refractivity contribution in [1.82, 2.24) is 9.97 Å². The Bertz CT molecular complexity index is 1350. The molecule has 0 bridgehead atoms. The lowest BCUT2D eigenvalue weighted by molar-refractivity contribution is 0.101. The van der Waals surface area contributed by atoms with Gasteiger partial charge in [0.2, 0.25) is 0 Å². The molecule has 172 valence electrons. The van der Waals surface area contributed by atoms with Crippen molar-refractivity contribution in [2.75, 3.05) is 23.9 Å². The van der Waals surface area contributed by atoms with E-state index in [4.69, 9.17) is 4.74 Å². The molecule has 3 heterocycles. The second-order valence-corrected chi connectivity index (χ2v) is 9.74. The summed E-state index contributed by atoms with van der Waals surface area (Å²) in [5.41, 5.74) is 4.21. The molecule has 5 rings (SSSR count). The SMILES string of the molecule is COc1ccc(-c2sc(-c3ccc4c(c3)N(C(=O)Nc3nccs3)CCC4)nc2C(C)=O)cc1. The molecule has 2 aromatic carbocycles. The summed E-state index contributed by atoms with van der Waals surface area (Å²) in [6, 6.07) is 13.5. The number of hydrogen-bond donors (Lipinski definition) is 1. The first kappa shape index (κ1) is 22.2. The van der Waals surface area contributed by atoms with Crippen molar-refractivity contribution in [2.45, 2.75) is 19.8 Å². The highest BCUT2D eigenvalue weighted by Crippen LogP contribution is 2.39. The molecule has 1 aliphatic heterocycles. The van der Waals surface area contributed by atoms with Crippen molar-refractivity contribution in [3.05, 3.63) is 65.3 Å². The Morgan fingerprint density at radius 2 is 1.91 bits per heavy atom. The lowest BCUT2D eigenvalue weighted by atomic mass is 10.00. The third-order valence-corrected chi connectivity index (χ3v) is 7.50. The fraction of sp³-hybridized carbons (Fsp3) is 0.200. The van der Waals surface area contributed by atoms with Crippen molar-refractivity contribution in [3.63, 3.8) is 0 Å². The molecule has 0 saturated carbocycles. The van der Waals surface area contributed by atoms with Crippen LogP contribution >= 0.6 is 22.7 Å². The van der Waals surface area contributed by atoms with E-state index < -0.39 is 0 Å². The Morgan fingerprint density at radius 1 is 1.12 bits per heavy atom. The van der Waals surface area contributed by atoms with Crippen LogP contribution in [0.2, 0.25) is 0 Å². The molecule has 2 aromatic heterocycles. The van der Waals surface area contributed by atoms with Gasteiger partial charge in [-0.25, -0.2) is 14.8 Å². The van der Waals surface area contributed by atoms with Gasteiger partial charge in [0, 0.05) is 36.3 Å². The summed E-state index contributed by atoms with van der Waals surface area (Å²) < 4.78 is 5.25. The average Bonchev–Trinajstić information content (AvgIpc) is 3.54. The van der Waals surface area contributed by atoms with Crippen LogP contribution in [0.4, 0.5) is 15.6 Å². The summed E-state index contributed by atoms with van der Waals surface area (Å²) in [5.74, 6) is 0.666. The van der Waals surface area contributed by atoms with Crippen molar-refractivity contribution >= 4 is 45.3 Å². The third kappa shape index (κ3) is 4.32. The van der Waals surface area contributed by atoms with Gasteiger partial charge in [0.15, 0.2) is 10.9 Å². The van der Waals surface area contributed by atoms with Crippen LogP contribution in [0, 0.1) is 0 Å². The summed E-state index contributed by atoms with van der Waals surface area (Å²) in [5, 5.41) is 6.02. The molecule has 4 aromatic rings. The lowest BCUT2D eigenvalue weighted by Gasteiger charge is -2.29. The highest BCUT2D eigenvalue weighted by Gasteiger charge is 2.25. The molecule has 0 unspecified atom stereocenters. The molecule has 7 nitrogen and oxygen atoms in total. The van der Waals surface area contributed by atoms with Crippen molar-refractivity contribution < 1.29 is 14.3 Å². The second kappa shape index (κ2) is 9.36. The van der Waals surface area contributed by atoms with E-state index in [2.05, 4.69) is 21.4 Å². The number of thiazole rings is 2. The Hall–Kier alpha value is -3.56. The van der Waals surface area contributed by atoms with E-state index in [9.17, 15) is 9.59 Å². The van der Waals surface area contributed by atoms with Gasteiger partial charge in [-0.1, -0.05) is 12.1 Å². The van der Waals surface area contributed by atoms with Crippen LogP contribution in [0.25, 0.3) is 21.0 Å². The molecular weight excluding hydrogens is 468 g/mol. The number of aromatic nitrogens is 2. The lowest BCUT2D eigenvalue weighted by Crippen LogP contribution is -2.38. The van der Waals surface area contributed by atoms with Crippen LogP contribution in [0.1, 0.15) is 29.4 Å². The topological polar surface area (TPSA) is 84.4 Å². The first-order valence-electron chi connectivity index (χ1n) is 10.8. The van der Waals surface area contributed by atoms with Crippen molar-refractivity contribution in [1.29, 1.82) is 0 Å². The zero-order chi connectivity index (χ0) is 23.7. The molecule has 2 amide bonds. The number of amides is 2. The number of methoxy groups -OCH3 is 1. The quantitative estimate of drug-likeness (QED) is 0.340. The number of nitrogens with one attached hydrogen (secondary N) is 1. The maximum absolute atomic E-state index is 13.0. The summed E-state index contributed by atoms with van der Waals surface area (Å²) in [6.07, 6.45) is 3.47. The van der Waals surface area contributed by atoms with Gasteiger partial charge in [0.25, 0.3) is 0 Å². The predicted molar refractivity (Wildman–Crippen MR) is 136 cm³/mol. The van der Waals surface area contributed by atoms with Gasteiger partial charge >= 0.3 is 6.03 Å². The molecule has 1 aliphatic rings. The van der Waals surface area contributed by atoms with E-state index in [-0.39, 0.29) is 11.8 Å².